The van der Waals surface area contributed by atoms with Gasteiger partial charge in [0.05, 0.1) is 5.25 Å². The fourth-order valence-corrected chi connectivity index (χ4v) is 4.61. The van der Waals surface area contributed by atoms with Gasteiger partial charge < -0.3 is 5.32 Å². The number of carbonyl (C=O) groups is 1. The molecule has 0 spiro atoms. The van der Waals surface area contributed by atoms with Gasteiger partial charge in [-0.05, 0) is 68.3 Å². The van der Waals surface area contributed by atoms with Crippen LogP contribution in [-0.4, -0.2) is 32.0 Å². The molecular formula is C23H24F2N4OS. The first-order chi connectivity index (χ1) is 15.0. The van der Waals surface area contributed by atoms with Gasteiger partial charge >= 0.3 is 0 Å². The van der Waals surface area contributed by atoms with Crippen LogP contribution in [0.1, 0.15) is 39.0 Å². The van der Waals surface area contributed by atoms with Crippen LogP contribution in [0, 0.1) is 11.6 Å². The predicted octanol–water partition coefficient (Wildman–Crippen LogP) is 5.14. The number of carbonyl (C=O) groups excluding carboxylic acids is 1. The molecule has 1 aromatic heterocycles. The monoisotopic (exact) mass is 442 g/mol. The molecule has 1 N–H and O–H groups in total. The van der Waals surface area contributed by atoms with Crippen molar-refractivity contribution in [3.63, 3.8) is 0 Å². The zero-order chi connectivity index (χ0) is 21.8. The minimum atomic E-state index is -0.383. The molecule has 3 aromatic rings. The van der Waals surface area contributed by atoms with Crippen molar-refractivity contribution in [2.75, 3.05) is 0 Å². The van der Waals surface area contributed by atoms with E-state index < -0.39 is 0 Å². The number of nitrogens with one attached hydrogen (secondary N) is 1. The van der Waals surface area contributed by atoms with E-state index in [4.69, 9.17) is 0 Å². The van der Waals surface area contributed by atoms with Gasteiger partial charge in [-0.1, -0.05) is 31.0 Å². The largest absolute Gasteiger partial charge is 0.352 e. The molecule has 8 heteroatoms. The van der Waals surface area contributed by atoms with Gasteiger partial charge in [-0.15, -0.1) is 10.2 Å². The molecule has 2 aromatic carbocycles. The van der Waals surface area contributed by atoms with Crippen LogP contribution in [0.5, 0.6) is 0 Å². The molecule has 0 saturated heterocycles. The van der Waals surface area contributed by atoms with E-state index in [1.807, 2.05) is 6.92 Å². The van der Waals surface area contributed by atoms with Gasteiger partial charge in [-0.2, -0.15) is 0 Å². The van der Waals surface area contributed by atoms with E-state index >= 15 is 0 Å². The first-order valence-corrected chi connectivity index (χ1v) is 11.3. The molecule has 1 fully saturated rings. The zero-order valence-corrected chi connectivity index (χ0v) is 18.0. The SMILES string of the molecule is CC(Sc1nnc(-c2ccc(F)cc2)n1-c1ccc(F)cc1)C(=O)NC1CCCCC1. The van der Waals surface area contributed by atoms with Gasteiger partial charge in [0.25, 0.3) is 0 Å². The van der Waals surface area contributed by atoms with E-state index in [1.165, 1.54) is 42.4 Å². The number of thioether (sulfide) groups is 1. The third-order valence-electron chi connectivity index (χ3n) is 5.42. The molecule has 4 rings (SSSR count). The van der Waals surface area contributed by atoms with Crippen molar-refractivity contribution in [1.29, 1.82) is 0 Å². The maximum Gasteiger partial charge on any atom is 0.233 e. The Kier molecular flexibility index (Phi) is 6.65. The summed E-state index contributed by atoms with van der Waals surface area (Å²) in [5.74, 6) is -0.239. The second-order valence-corrected chi connectivity index (χ2v) is 9.04. The Morgan fingerprint density at radius 2 is 1.61 bits per heavy atom. The highest BCUT2D eigenvalue weighted by molar-refractivity contribution is 8.00. The summed E-state index contributed by atoms with van der Waals surface area (Å²) < 4.78 is 28.7. The molecule has 1 unspecified atom stereocenters. The zero-order valence-electron chi connectivity index (χ0n) is 17.2. The molecule has 1 heterocycles. The first kappa shape index (κ1) is 21.5. The third kappa shape index (κ3) is 5.12. The highest BCUT2D eigenvalue weighted by Gasteiger charge is 2.24. The Hall–Kier alpha value is -2.74. The summed E-state index contributed by atoms with van der Waals surface area (Å²) in [7, 11) is 0. The van der Waals surface area contributed by atoms with Gasteiger partial charge in [-0.25, -0.2) is 8.78 Å². The lowest BCUT2D eigenvalue weighted by atomic mass is 9.95. The van der Waals surface area contributed by atoms with Crippen molar-refractivity contribution >= 4 is 17.7 Å². The number of halogens is 2. The Bertz CT molecular complexity index is 1030. The molecule has 0 bridgehead atoms. The van der Waals surface area contributed by atoms with Crippen LogP contribution in [0.3, 0.4) is 0 Å². The quantitative estimate of drug-likeness (QED) is 0.537. The number of rotatable bonds is 6. The van der Waals surface area contributed by atoms with Crippen LogP contribution in [0.4, 0.5) is 8.78 Å². The molecule has 1 aliphatic rings. The topological polar surface area (TPSA) is 59.8 Å². The number of benzene rings is 2. The molecule has 0 radical (unpaired) electrons. The highest BCUT2D eigenvalue weighted by Crippen LogP contribution is 2.30. The smallest absolute Gasteiger partial charge is 0.233 e. The molecule has 1 aliphatic carbocycles. The number of aromatic nitrogens is 3. The molecular weight excluding hydrogens is 418 g/mol. The summed E-state index contributed by atoms with van der Waals surface area (Å²) >= 11 is 1.29. The van der Waals surface area contributed by atoms with Crippen molar-refractivity contribution in [1.82, 2.24) is 20.1 Å². The number of hydrogen-bond acceptors (Lipinski definition) is 4. The Balaban J connectivity index is 1.61. The van der Waals surface area contributed by atoms with E-state index in [2.05, 4.69) is 15.5 Å². The van der Waals surface area contributed by atoms with Crippen LogP contribution >= 0.6 is 11.8 Å². The number of hydrogen-bond donors (Lipinski definition) is 1. The van der Waals surface area contributed by atoms with Crippen molar-refractivity contribution in [2.45, 2.75) is 55.5 Å². The van der Waals surface area contributed by atoms with Gasteiger partial charge in [0.15, 0.2) is 11.0 Å². The lowest BCUT2D eigenvalue weighted by Crippen LogP contribution is -2.40. The molecule has 1 amide bonds. The molecule has 31 heavy (non-hydrogen) atoms. The van der Waals surface area contributed by atoms with Crippen molar-refractivity contribution < 1.29 is 13.6 Å². The number of amides is 1. The third-order valence-corrected chi connectivity index (χ3v) is 6.47. The Labute approximate surface area is 184 Å². The summed E-state index contributed by atoms with van der Waals surface area (Å²) in [5, 5.41) is 11.8. The Morgan fingerprint density at radius 1 is 1.00 bits per heavy atom. The lowest BCUT2D eigenvalue weighted by molar-refractivity contribution is -0.121. The minimum absolute atomic E-state index is 0.0334. The second kappa shape index (κ2) is 9.60. The number of nitrogens with zero attached hydrogens (tertiary/aromatic N) is 3. The van der Waals surface area contributed by atoms with Crippen LogP contribution in [0.2, 0.25) is 0 Å². The molecule has 162 valence electrons. The summed E-state index contributed by atoms with van der Waals surface area (Å²) in [4.78, 5) is 12.7. The van der Waals surface area contributed by atoms with Crippen LogP contribution in [-0.2, 0) is 4.79 Å². The minimum Gasteiger partial charge on any atom is -0.352 e. The van der Waals surface area contributed by atoms with Gasteiger partial charge in [0.2, 0.25) is 5.91 Å². The summed E-state index contributed by atoms with van der Waals surface area (Å²) in [6.07, 6.45) is 5.55. The van der Waals surface area contributed by atoms with Crippen molar-refractivity contribution in [3.05, 3.63) is 60.2 Å². The van der Waals surface area contributed by atoms with E-state index in [9.17, 15) is 13.6 Å². The van der Waals surface area contributed by atoms with Crippen LogP contribution in [0.15, 0.2) is 53.7 Å². The highest BCUT2D eigenvalue weighted by atomic mass is 32.2. The summed E-state index contributed by atoms with van der Waals surface area (Å²) in [6.45, 7) is 1.84. The van der Waals surface area contributed by atoms with E-state index in [1.54, 1.807) is 28.8 Å². The van der Waals surface area contributed by atoms with E-state index in [0.717, 1.165) is 25.7 Å². The second-order valence-electron chi connectivity index (χ2n) is 7.73. The van der Waals surface area contributed by atoms with Gasteiger partial charge in [0, 0.05) is 17.3 Å². The molecule has 1 saturated carbocycles. The summed E-state index contributed by atoms with van der Waals surface area (Å²) in [6, 6.07) is 12.1. The maximum atomic E-state index is 13.5. The standard InChI is InChI=1S/C23H24F2N4OS/c1-15(22(30)26-19-5-3-2-4-6-19)31-23-28-27-21(16-7-9-17(24)10-8-16)29(23)20-13-11-18(25)12-14-20/h7-15,19H,2-6H2,1H3,(H,26,30). The molecule has 1 atom stereocenters. The normalized spacial score (nSPS) is 15.6. The van der Waals surface area contributed by atoms with E-state index in [0.29, 0.717) is 22.2 Å². The predicted molar refractivity (Wildman–Crippen MR) is 117 cm³/mol. The summed E-state index contributed by atoms with van der Waals surface area (Å²) in [5.41, 5.74) is 1.33. The average Bonchev–Trinajstić information content (AvgIpc) is 3.19. The van der Waals surface area contributed by atoms with Crippen LogP contribution in [0.25, 0.3) is 17.1 Å². The van der Waals surface area contributed by atoms with Gasteiger partial charge in [-0.3, -0.25) is 9.36 Å². The van der Waals surface area contributed by atoms with Gasteiger partial charge in [0.1, 0.15) is 11.6 Å². The van der Waals surface area contributed by atoms with E-state index in [-0.39, 0.29) is 28.8 Å². The Morgan fingerprint density at radius 3 is 2.26 bits per heavy atom. The maximum absolute atomic E-state index is 13.5. The van der Waals surface area contributed by atoms with Crippen LogP contribution < -0.4 is 5.32 Å². The van der Waals surface area contributed by atoms with Crippen molar-refractivity contribution in [2.24, 2.45) is 0 Å². The van der Waals surface area contributed by atoms with Crippen molar-refractivity contribution in [3.8, 4) is 17.1 Å². The fraction of sp³-hybridized carbons (Fsp3) is 0.348. The molecule has 0 aliphatic heterocycles. The lowest BCUT2D eigenvalue weighted by Gasteiger charge is -2.24. The molecule has 5 nitrogen and oxygen atoms in total. The average molecular weight is 443 g/mol. The fourth-order valence-electron chi connectivity index (χ4n) is 3.73. The first-order valence-electron chi connectivity index (χ1n) is 10.5.